The van der Waals surface area contributed by atoms with Crippen LogP contribution >= 0.6 is 0 Å². The van der Waals surface area contributed by atoms with E-state index >= 15 is 0 Å². The number of carbonyl (C=O) groups is 2. The topological polar surface area (TPSA) is 124 Å². The molecule has 2 amide bonds. The Bertz CT molecular complexity index is 1940. The Morgan fingerprint density at radius 2 is 1.81 bits per heavy atom. The maximum absolute atomic E-state index is 13.3. The van der Waals surface area contributed by atoms with Crippen LogP contribution in [0, 0.1) is 11.8 Å². The van der Waals surface area contributed by atoms with E-state index in [-0.39, 0.29) is 17.1 Å². The number of amides is 2. The minimum Gasteiger partial charge on any atom is -0.496 e. The number of nitrogens with two attached hydrogens (primary N) is 1. The first-order chi connectivity index (χ1) is 22.9. The molecule has 4 N–H and O–H groups in total. The van der Waals surface area contributed by atoms with Gasteiger partial charge in [0, 0.05) is 37.6 Å². The number of aryl methyl sites for hydroxylation is 1. The van der Waals surface area contributed by atoms with E-state index in [1.807, 2.05) is 16.9 Å². The second kappa shape index (κ2) is 14.2. The largest absolute Gasteiger partial charge is 0.496 e. The fraction of sp³-hybridized carbons (Fsp3) is 0.265. The van der Waals surface area contributed by atoms with Gasteiger partial charge in [-0.05, 0) is 35.4 Å². The number of morpholine rings is 1. The lowest BCUT2D eigenvalue weighted by Crippen LogP contribution is -2.36. The van der Waals surface area contributed by atoms with Crippen LogP contribution in [0.3, 0.4) is 0 Å². The van der Waals surface area contributed by atoms with E-state index in [2.05, 4.69) is 33.6 Å². The summed E-state index contributed by atoms with van der Waals surface area (Å²) in [6, 6.07) is 11.1. The molecule has 2 aromatic heterocycles. The number of nitrogens with zero attached hydrogens (tertiary/aromatic N) is 3. The third kappa shape index (κ3) is 7.43. The highest BCUT2D eigenvalue weighted by Gasteiger charge is 2.29. The van der Waals surface area contributed by atoms with Gasteiger partial charge < -0.3 is 30.4 Å². The Balaban J connectivity index is 1.66. The maximum Gasteiger partial charge on any atom is 0.405 e. The van der Waals surface area contributed by atoms with Crippen LogP contribution < -0.4 is 21.1 Å². The number of nitrogens with one attached hydrogen (secondary N) is 2. The third-order valence-corrected chi connectivity index (χ3v) is 7.71. The quantitative estimate of drug-likeness (QED) is 0.139. The minimum atomic E-state index is -4.59. The molecule has 2 aromatic carbocycles. The summed E-state index contributed by atoms with van der Waals surface area (Å²) < 4.78 is 64.5. The molecule has 0 radical (unpaired) electrons. The van der Waals surface area contributed by atoms with Crippen molar-refractivity contribution >= 4 is 34.2 Å². The van der Waals surface area contributed by atoms with Crippen LogP contribution in [0.4, 0.5) is 29.1 Å². The number of rotatable bonds is 8. The van der Waals surface area contributed by atoms with Gasteiger partial charge in [0.15, 0.2) is 5.83 Å². The van der Waals surface area contributed by atoms with Crippen molar-refractivity contribution in [1.29, 1.82) is 0 Å². The third-order valence-electron chi connectivity index (χ3n) is 7.71. The molecule has 3 heterocycles. The van der Waals surface area contributed by atoms with Crippen molar-refractivity contribution in [3.8, 4) is 40.0 Å². The van der Waals surface area contributed by atoms with Crippen molar-refractivity contribution in [3.63, 3.8) is 0 Å². The lowest BCUT2D eigenvalue weighted by molar-refractivity contribution is -0.123. The van der Waals surface area contributed by atoms with E-state index in [0.717, 1.165) is 13.1 Å². The molecule has 0 aliphatic carbocycles. The number of nitrogen functional groups attached to an aromatic ring is 1. The van der Waals surface area contributed by atoms with Gasteiger partial charge in [0.1, 0.15) is 18.1 Å². The summed E-state index contributed by atoms with van der Waals surface area (Å²) in [5.41, 5.74) is 10.4. The normalized spacial score (nSPS) is 13.5. The molecular weight excluding hydrogens is 632 g/mol. The zero-order chi connectivity index (χ0) is 34.6. The summed E-state index contributed by atoms with van der Waals surface area (Å²) >= 11 is 0. The van der Waals surface area contributed by atoms with Crippen LogP contribution in [-0.2, 0) is 16.6 Å². The average molecular weight is 665 g/mol. The van der Waals surface area contributed by atoms with Crippen molar-refractivity contribution in [3.05, 3.63) is 72.2 Å². The number of halogens is 4. The Hall–Kier alpha value is -5.39. The molecule has 48 heavy (non-hydrogen) atoms. The van der Waals surface area contributed by atoms with Gasteiger partial charge in [-0.25, -0.2) is 9.37 Å². The van der Waals surface area contributed by atoms with E-state index in [9.17, 15) is 27.2 Å². The fourth-order valence-electron chi connectivity index (χ4n) is 5.45. The zero-order valence-electron chi connectivity index (χ0n) is 26.1. The Morgan fingerprint density at radius 1 is 1.12 bits per heavy atom. The predicted octanol–water partition coefficient (Wildman–Crippen LogP) is 4.90. The number of aromatic nitrogens is 2. The first-order valence-electron chi connectivity index (χ1n) is 14.7. The first kappa shape index (κ1) is 34.0. The highest BCUT2D eigenvalue weighted by Crippen LogP contribution is 2.44. The average Bonchev–Trinajstić information content (AvgIpc) is 3.38. The summed E-state index contributed by atoms with van der Waals surface area (Å²) in [6.07, 6.45) is -3.00. The molecule has 0 saturated carbocycles. The van der Waals surface area contributed by atoms with Crippen molar-refractivity contribution in [2.24, 2.45) is 7.05 Å². The Morgan fingerprint density at radius 3 is 2.46 bits per heavy atom. The van der Waals surface area contributed by atoms with Gasteiger partial charge in [-0.2, -0.15) is 13.2 Å². The molecule has 14 heteroatoms. The number of ether oxygens (including phenoxy) is 2. The first-order valence-corrected chi connectivity index (χ1v) is 14.7. The molecule has 10 nitrogen and oxygen atoms in total. The number of hydrogen-bond donors (Lipinski definition) is 3. The van der Waals surface area contributed by atoms with Gasteiger partial charge in [-0.1, -0.05) is 36.6 Å². The van der Waals surface area contributed by atoms with E-state index < -0.39 is 30.4 Å². The highest BCUT2D eigenvalue weighted by atomic mass is 19.4. The molecule has 1 aliphatic rings. The van der Waals surface area contributed by atoms with Crippen LogP contribution in [0.25, 0.3) is 33.3 Å². The number of benzene rings is 2. The molecule has 250 valence electrons. The minimum absolute atomic E-state index is 0.0348. The molecule has 1 saturated heterocycles. The number of hydrogen-bond acceptors (Lipinski definition) is 7. The van der Waals surface area contributed by atoms with Gasteiger partial charge in [-0.15, -0.1) is 0 Å². The Kier molecular flexibility index (Phi) is 10.0. The van der Waals surface area contributed by atoms with Gasteiger partial charge in [0.25, 0.3) is 11.8 Å². The molecule has 4 aromatic rings. The van der Waals surface area contributed by atoms with Gasteiger partial charge in [0.2, 0.25) is 0 Å². The molecule has 1 fully saturated rings. The maximum atomic E-state index is 13.3. The summed E-state index contributed by atoms with van der Waals surface area (Å²) in [5, 5.41) is 4.84. The molecule has 0 atom stereocenters. The lowest BCUT2D eigenvalue weighted by atomic mass is 9.96. The number of alkyl halides is 3. The van der Waals surface area contributed by atoms with Crippen LogP contribution in [-0.4, -0.2) is 78.9 Å². The molecule has 0 bridgehead atoms. The van der Waals surface area contributed by atoms with Gasteiger partial charge in [-0.3, -0.25) is 14.5 Å². The second-order valence-corrected chi connectivity index (χ2v) is 10.9. The van der Waals surface area contributed by atoms with Gasteiger partial charge >= 0.3 is 6.18 Å². The summed E-state index contributed by atoms with van der Waals surface area (Å²) in [5.74, 6) is 3.61. The molecule has 0 spiro atoms. The van der Waals surface area contributed by atoms with Crippen LogP contribution in [0.15, 0.2) is 61.1 Å². The number of fused-ring (bicyclic) bond motifs is 1. The summed E-state index contributed by atoms with van der Waals surface area (Å²) in [6.45, 7) is 4.84. The number of anilines is 2. The van der Waals surface area contributed by atoms with E-state index in [1.54, 1.807) is 42.6 Å². The second-order valence-electron chi connectivity index (χ2n) is 10.9. The standard InChI is InChI=1S/C34H32F4N6O4/c1-20(35)32(45)42-24-9-6-21(7-10-24)29-27(22-8-11-25(26(17-22)47-3)33(46)41-19-34(36,37)38)28-30(43(29)2)23(18-40-31(28)39)5-4-12-44-13-15-48-16-14-44/h6-11,17-18H,1,12-16,19H2,2-3H3,(H2,39,40)(H,41,46)(H,42,45). The molecular formula is C34H32F4N6O4. The smallest absolute Gasteiger partial charge is 0.405 e. The number of carbonyl (C=O) groups excluding carboxylic acids is 2. The van der Waals surface area contributed by atoms with Crippen molar-refractivity contribution in [1.82, 2.24) is 19.8 Å². The Labute approximate surface area is 273 Å². The number of methoxy groups -OCH3 is 1. The van der Waals surface area contributed by atoms with E-state index in [0.29, 0.717) is 64.3 Å². The van der Waals surface area contributed by atoms with Crippen molar-refractivity contribution in [2.75, 3.05) is 57.6 Å². The fourth-order valence-corrected chi connectivity index (χ4v) is 5.45. The van der Waals surface area contributed by atoms with Crippen LogP contribution in [0.1, 0.15) is 15.9 Å². The SMILES string of the molecule is C=C(F)C(=O)Nc1ccc(-c2c(-c3ccc(C(=O)NCC(F)(F)F)c(OC)c3)c3c(N)ncc(C#CCN4CCOCC4)c3n2C)cc1. The monoisotopic (exact) mass is 664 g/mol. The number of pyridine rings is 1. The van der Waals surface area contributed by atoms with Crippen molar-refractivity contribution < 1.29 is 36.6 Å². The summed E-state index contributed by atoms with van der Waals surface area (Å²) in [7, 11) is 3.13. The van der Waals surface area contributed by atoms with Gasteiger partial charge in [0.05, 0.1) is 54.6 Å². The van der Waals surface area contributed by atoms with Crippen molar-refractivity contribution in [2.45, 2.75) is 6.18 Å². The molecule has 0 unspecified atom stereocenters. The van der Waals surface area contributed by atoms with E-state index in [4.69, 9.17) is 15.2 Å². The lowest BCUT2D eigenvalue weighted by Gasteiger charge is -2.24. The van der Waals surface area contributed by atoms with Crippen LogP contribution in [0.2, 0.25) is 0 Å². The predicted molar refractivity (Wildman–Crippen MR) is 174 cm³/mol. The summed E-state index contributed by atoms with van der Waals surface area (Å²) in [4.78, 5) is 31.1. The highest BCUT2D eigenvalue weighted by molar-refractivity contribution is 6.11. The molecule has 5 rings (SSSR count). The zero-order valence-corrected chi connectivity index (χ0v) is 26.1. The molecule has 1 aliphatic heterocycles. The van der Waals surface area contributed by atoms with Crippen LogP contribution in [0.5, 0.6) is 5.75 Å². The van der Waals surface area contributed by atoms with E-state index in [1.165, 1.54) is 13.2 Å².